The SMILES string of the molecule is CC(=O)NCc1c(I)c(NC=O)c(I)c(C(=O)O)c1I. The van der Waals surface area contributed by atoms with Crippen LogP contribution in [0.2, 0.25) is 0 Å². The number of benzene rings is 1. The molecule has 1 rings (SSSR count). The Bertz CT molecular complexity index is 590. The highest BCUT2D eigenvalue weighted by atomic mass is 127. The molecule has 0 heterocycles. The number of aromatic carboxylic acids is 1. The van der Waals surface area contributed by atoms with E-state index in [9.17, 15) is 19.5 Å². The van der Waals surface area contributed by atoms with Gasteiger partial charge in [0, 0.05) is 26.2 Å². The van der Waals surface area contributed by atoms with Gasteiger partial charge in [-0.3, -0.25) is 9.59 Å². The van der Waals surface area contributed by atoms with Crippen molar-refractivity contribution in [2.24, 2.45) is 0 Å². The minimum Gasteiger partial charge on any atom is -0.478 e. The largest absolute Gasteiger partial charge is 0.478 e. The number of nitrogens with one attached hydrogen (secondary N) is 2. The van der Waals surface area contributed by atoms with Gasteiger partial charge in [-0.15, -0.1) is 0 Å². The van der Waals surface area contributed by atoms with Gasteiger partial charge in [0.25, 0.3) is 0 Å². The van der Waals surface area contributed by atoms with E-state index in [0.29, 0.717) is 28.4 Å². The molecule has 6 nitrogen and oxygen atoms in total. The second-order valence-electron chi connectivity index (χ2n) is 3.65. The molecule has 2 amide bonds. The van der Waals surface area contributed by atoms with E-state index >= 15 is 0 Å². The number of rotatable bonds is 5. The van der Waals surface area contributed by atoms with Gasteiger partial charge >= 0.3 is 5.97 Å². The molecule has 0 radical (unpaired) electrons. The molecule has 0 aromatic heterocycles. The third-order valence-corrected chi connectivity index (χ3v) is 5.80. The average molecular weight is 614 g/mol. The van der Waals surface area contributed by atoms with E-state index < -0.39 is 5.97 Å². The number of carbonyl (C=O) groups is 3. The minimum atomic E-state index is -1.08. The molecule has 3 N–H and O–H groups in total. The van der Waals surface area contributed by atoms with E-state index in [-0.39, 0.29) is 18.0 Å². The second kappa shape index (κ2) is 7.72. The molecule has 0 fully saturated rings. The number of carboxylic acid groups (broad SMARTS) is 1. The maximum absolute atomic E-state index is 11.4. The van der Waals surface area contributed by atoms with Crippen LogP contribution in [0.5, 0.6) is 0 Å². The topological polar surface area (TPSA) is 95.5 Å². The molecule has 0 atom stereocenters. The standard InChI is InChI=1S/C11H9I3N2O4/c1-4(18)15-2-5-7(12)6(11(19)20)9(14)10(8(5)13)16-3-17/h3H,2H2,1H3,(H,15,18)(H,16,17)(H,19,20). The Labute approximate surface area is 155 Å². The fourth-order valence-corrected chi connectivity index (χ4v) is 5.78. The van der Waals surface area contributed by atoms with Crippen LogP contribution in [0.15, 0.2) is 0 Å². The lowest BCUT2D eigenvalue weighted by molar-refractivity contribution is -0.119. The van der Waals surface area contributed by atoms with Gasteiger partial charge < -0.3 is 15.7 Å². The summed E-state index contributed by atoms with van der Waals surface area (Å²) in [7, 11) is 0. The summed E-state index contributed by atoms with van der Waals surface area (Å²) in [6.07, 6.45) is 0.500. The molecular weight excluding hydrogens is 605 g/mol. The van der Waals surface area contributed by atoms with E-state index in [1.54, 1.807) is 0 Å². The van der Waals surface area contributed by atoms with Crippen LogP contribution in [0, 0.1) is 10.7 Å². The first kappa shape index (κ1) is 17.9. The lowest BCUT2D eigenvalue weighted by Crippen LogP contribution is -2.22. The van der Waals surface area contributed by atoms with Crippen molar-refractivity contribution in [1.82, 2.24) is 5.32 Å². The van der Waals surface area contributed by atoms with Gasteiger partial charge in [0.1, 0.15) is 0 Å². The van der Waals surface area contributed by atoms with E-state index in [2.05, 4.69) is 10.6 Å². The van der Waals surface area contributed by atoms with Crippen molar-refractivity contribution in [3.8, 4) is 0 Å². The Morgan fingerprint density at radius 2 is 1.80 bits per heavy atom. The number of amides is 2. The molecule has 0 spiro atoms. The predicted molar refractivity (Wildman–Crippen MR) is 98.8 cm³/mol. The monoisotopic (exact) mass is 614 g/mol. The summed E-state index contributed by atoms with van der Waals surface area (Å²) >= 11 is 5.86. The summed E-state index contributed by atoms with van der Waals surface area (Å²) in [5, 5.41) is 14.5. The molecule has 0 bridgehead atoms. The van der Waals surface area contributed by atoms with E-state index in [4.69, 9.17) is 0 Å². The van der Waals surface area contributed by atoms with Gasteiger partial charge in [0.15, 0.2) is 0 Å². The van der Waals surface area contributed by atoms with Crippen molar-refractivity contribution in [2.75, 3.05) is 5.32 Å². The normalized spacial score (nSPS) is 10.0. The Balaban J connectivity index is 3.52. The van der Waals surface area contributed by atoms with Crippen LogP contribution in [-0.4, -0.2) is 23.4 Å². The van der Waals surface area contributed by atoms with Crippen LogP contribution in [-0.2, 0) is 16.1 Å². The zero-order chi connectivity index (χ0) is 15.4. The van der Waals surface area contributed by atoms with Crippen LogP contribution in [0.3, 0.4) is 0 Å². The maximum Gasteiger partial charge on any atom is 0.337 e. The summed E-state index contributed by atoms with van der Waals surface area (Å²) in [6.45, 7) is 1.59. The van der Waals surface area contributed by atoms with Gasteiger partial charge in [-0.2, -0.15) is 0 Å². The van der Waals surface area contributed by atoms with Gasteiger partial charge in [-0.1, -0.05) is 0 Å². The number of anilines is 1. The van der Waals surface area contributed by atoms with Gasteiger partial charge in [-0.25, -0.2) is 4.79 Å². The predicted octanol–water partition coefficient (Wildman–Crippen LogP) is 2.40. The fraction of sp³-hybridized carbons (Fsp3) is 0.182. The number of hydrogen-bond donors (Lipinski definition) is 3. The minimum absolute atomic E-state index is 0.122. The maximum atomic E-state index is 11.4. The molecule has 0 aliphatic heterocycles. The van der Waals surface area contributed by atoms with Crippen LogP contribution in [0.4, 0.5) is 5.69 Å². The number of halogens is 3. The molecule has 108 valence electrons. The average Bonchev–Trinajstić information content (AvgIpc) is 2.33. The molecule has 0 saturated carbocycles. The Morgan fingerprint density at radius 3 is 2.25 bits per heavy atom. The van der Waals surface area contributed by atoms with Crippen molar-refractivity contribution >= 4 is 91.7 Å². The third-order valence-electron chi connectivity index (χ3n) is 2.34. The molecule has 0 unspecified atom stereocenters. The summed E-state index contributed by atoms with van der Waals surface area (Å²) in [5.74, 6) is -1.29. The first-order valence-corrected chi connectivity index (χ1v) is 8.42. The number of carboxylic acids is 1. The Hall–Kier alpha value is -0.180. The third kappa shape index (κ3) is 3.93. The fourth-order valence-electron chi connectivity index (χ4n) is 1.46. The number of carbonyl (C=O) groups excluding carboxylic acids is 2. The van der Waals surface area contributed by atoms with Crippen molar-refractivity contribution in [1.29, 1.82) is 0 Å². The summed E-state index contributed by atoms with van der Waals surface area (Å²) in [4.78, 5) is 33.1. The molecule has 9 heteroatoms. The van der Waals surface area contributed by atoms with Crippen LogP contribution in [0.1, 0.15) is 22.8 Å². The van der Waals surface area contributed by atoms with Crippen molar-refractivity contribution in [3.63, 3.8) is 0 Å². The zero-order valence-corrected chi connectivity index (χ0v) is 16.6. The molecule has 0 saturated heterocycles. The van der Waals surface area contributed by atoms with Crippen molar-refractivity contribution in [2.45, 2.75) is 13.5 Å². The van der Waals surface area contributed by atoms with E-state index in [1.807, 2.05) is 67.8 Å². The lowest BCUT2D eigenvalue weighted by Gasteiger charge is -2.17. The molecule has 0 aliphatic rings. The van der Waals surface area contributed by atoms with Gasteiger partial charge in [0.2, 0.25) is 12.3 Å². The molecular formula is C11H9I3N2O4. The molecule has 1 aromatic rings. The molecule has 20 heavy (non-hydrogen) atoms. The Morgan fingerprint density at radius 1 is 1.20 bits per heavy atom. The van der Waals surface area contributed by atoms with E-state index in [0.717, 1.165) is 0 Å². The quantitative estimate of drug-likeness (QED) is 0.351. The first-order chi connectivity index (χ1) is 9.31. The zero-order valence-electron chi connectivity index (χ0n) is 10.1. The smallest absolute Gasteiger partial charge is 0.337 e. The highest BCUT2D eigenvalue weighted by Crippen LogP contribution is 2.35. The van der Waals surface area contributed by atoms with Gasteiger partial charge in [0.05, 0.1) is 14.8 Å². The lowest BCUT2D eigenvalue weighted by atomic mass is 10.1. The van der Waals surface area contributed by atoms with Crippen molar-refractivity contribution in [3.05, 3.63) is 21.8 Å². The van der Waals surface area contributed by atoms with Crippen LogP contribution < -0.4 is 10.6 Å². The van der Waals surface area contributed by atoms with Gasteiger partial charge in [-0.05, 0) is 67.8 Å². The number of hydrogen-bond acceptors (Lipinski definition) is 3. The molecule has 0 aliphatic carbocycles. The first-order valence-electron chi connectivity index (χ1n) is 5.18. The van der Waals surface area contributed by atoms with Crippen LogP contribution in [0.25, 0.3) is 0 Å². The second-order valence-corrected chi connectivity index (χ2v) is 6.88. The summed E-state index contributed by atoms with van der Waals surface area (Å²) < 4.78 is 1.72. The molecule has 1 aromatic carbocycles. The highest BCUT2D eigenvalue weighted by Gasteiger charge is 2.24. The van der Waals surface area contributed by atoms with Crippen LogP contribution >= 0.6 is 67.8 Å². The van der Waals surface area contributed by atoms with E-state index in [1.165, 1.54) is 6.92 Å². The van der Waals surface area contributed by atoms with Crippen molar-refractivity contribution < 1.29 is 19.5 Å². The Kier molecular flexibility index (Phi) is 6.90. The highest BCUT2D eigenvalue weighted by molar-refractivity contribution is 14.1. The summed E-state index contributed by atoms with van der Waals surface area (Å²) in [6, 6.07) is 0. The summed E-state index contributed by atoms with van der Waals surface area (Å²) in [5.41, 5.74) is 1.24.